The molecule has 2 nitrogen and oxygen atoms in total. The zero-order valence-electron chi connectivity index (χ0n) is 11.1. The van der Waals surface area contributed by atoms with Crippen LogP contribution < -0.4 is 9.47 Å². The summed E-state index contributed by atoms with van der Waals surface area (Å²) < 4.78 is 10.8. The highest BCUT2D eigenvalue weighted by Crippen LogP contribution is 2.19. The summed E-state index contributed by atoms with van der Waals surface area (Å²) in [5.74, 6) is 1.75. The van der Waals surface area contributed by atoms with Crippen LogP contribution >= 0.6 is 0 Å². The average Bonchev–Trinajstić information content (AvgIpc) is 2.38. The lowest BCUT2D eigenvalue weighted by atomic mass is 10.1. The molecule has 0 aliphatic heterocycles. The predicted molar refractivity (Wildman–Crippen MR) is 71.9 cm³/mol. The highest BCUT2D eigenvalue weighted by atomic mass is 16.5. The lowest BCUT2D eigenvalue weighted by Gasteiger charge is -2.07. The molecule has 96 valence electrons. The van der Waals surface area contributed by atoms with Crippen molar-refractivity contribution in [3.05, 3.63) is 24.3 Å². The van der Waals surface area contributed by atoms with Gasteiger partial charge in [-0.2, -0.15) is 0 Å². The minimum absolute atomic E-state index is 0.805. The van der Waals surface area contributed by atoms with Gasteiger partial charge in [0.15, 0.2) is 0 Å². The van der Waals surface area contributed by atoms with E-state index in [1.807, 2.05) is 24.3 Å². The quantitative estimate of drug-likeness (QED) is 0.590. The van der Waals surface area contributed by atoms with E-state index in [2.05, 4.69) is 6.92 Å². The van der Waals surface area contributed by atoms with Gasteiger partial charge in [-0.15, -0.1) is 0 Å². The molecule has 1 aromatic carbocycles. The average molecular weight is 236 g/mol. The van der Waals surface area contributed by atoms with Crippen LogP contribution in [0.2, 0.25) is 0 Å². The van der Waals surface area contributed by atoms with E-state index in [0.717, 1.165) is 24.5 Å². The Bertz CT molecular complexity index is 297. The molecule has 0 unspecified atom stereocenters. The van der Waals surface area contributed by atoms with E-state index in [-0.39, 0.29) is 0 Å². The Labute approximate surface area is 105 Å². The maximum atomic E-state index is 5.68. The molecular weight excluding hydrogens is 212 g/mol. The molecule has 0 bridgehead atoms. The molecule has 0 atom stereocenters. The van der Waals surface area contributed by atoms with Crippen LogP contribution in [0.25, 0.3) is 0 Å². The van der Waals surface area contributed by atoms with Gasteiger partial charge in [0.05, 0.1) is 13.7 Å². The van der Waals surface area contributed by atoms with Crippen molar-refractivity contribution in [1.29, 1.82) is 0 Å². The Balaban J connectivity index is 2.09. The van der Waals surface area contributed by atoms with E-state index in [1.165, 1.54) is 32.1 Å². The lowest BCUT2D eigenvalue weighted by Crippen LogP contribution is -1.97. The van der Waals surface area contributed by atoms with Crippen LogP contribution in [0.15, 0.2) is 24.3 Å². The minimum Gasteiger partial charge on any atom is -0.497 e. The first-order valence-electron chi connectivity index (χ1n) is 6.63. The van der Waals surface area contributed by atoms with Crippen LogP contribution in [-0.2, 0) is 0 Å². The smallest absolute Gasteiger partial charge is 0.122 e. The first-order valence-corrected chi connectivity index (χ1v) is 6.63. The van der Waals surface area contributed by atoms with Gasteiger partial charge in [-0.3, -0.25) is 0 Å². The largest absolute Gasteiger partial charge is 0.497 e. The van der Waals surface area contributed by atoms with E-state index in [4.69, 9.17) is 9.47 Å². The molecule has 0 heterocycles. The number of hydrogen-bond acceptors (Lipinski definition) is 2. The standard InChI is InChI=1S/C15H24O2/c1-3-4-5-6-7-8-12-17-15-11-9-10-14(13-15)16-2/h9-11,13H,3-8,12H2,1-2H3. The number of methoxy groups -OCH3 is 1. The Morgan fingerprint density at radius 3 is 2.41 bits per heavy atom. The zero-order chi connectivity index (χ0) is 12.3. The number of benzene rings is 1. The molecule has 0 N–H and O–H groups in total. The fraction of sp³-hybridized carbons (Fsp3) is 0.600. The van der Waals surface area contributed by atoms with Crippen LogP contribution in [0.5, 0.6) is 11.5 Å². The van der Waals surface area contributed by atoms with Gasteiger partial charge in [0.25, 0.3) is 0 Å². The van der Waals surface area contributed by atoms with Crippen molar-refractivity contribution < 1.29 is 9.47 Å². The van der Waals surface area contributed by atoms with Gasteiger partial charge >= 0.3 is 0 Å². The number of unbranched alkanes of at least 4 members (excludes halogenated alkanes) is 5. The van der Waals surface area contributed by atoms with E-state index < -0.39 is 0 Å². The number of hydrogen-bond donors (Lipinski definition) is 0. The third-order valence-electron chi connectivity index (χ3n) is 2.81. The van der Waals surface area contributed by atoms with Crippen LogP contribution in [0.4, 0.5) is 0 Å². The summed E-state index contributed by atoms with van der Waals surface area (Å²) in [5.41, 5.74) is 0. The molecular formula is C15H24O2. The van der Waals surface area contributed by atoms with Gasteiger partial charge in [-0.05, 0) is 18.6 Å². The predicted octanol–water partition coefficient (Wildman–Crippen LogP) is 4.43. The summed E-state index contributed by atoms with van der Waals surface area (Å²) in [6, 6.07) is 7.78. The van der Waals surface area contributed by atoms with Gasteiger partial charge in [0, 0.05) is 6.07 Å². The normalized spacial score (nSPS) is 10.2. The Hall–Kier alpha value is -1.18. The molecule has 0 amide bonds. The first kappa shape index (κ1) is 13.9. The van der Waals surface area contributed by atoms with Gasteiger partial charge in [-0.1, -0.05) is 45.1 Å². The SMILES string of the molecule is CCCCCCCCOc1cccc(OC)c1. The molecule has 2 heteroatoms. The summed E-state index contributed by atoms with van der Waals surface area (Å²) in [6.07, 6.45) is 7.76. The van der Waals surface area contributed by atoms with Crippen molar-refractivity contribution >= 4 is 0 Å². The van der Waals surface area contributed by atoms with Gasteiger partial charge < -0.3 is 9.47 Å². The van der Waals surface area contributed by atoms with Crippen LogP contribution in [0.1, 0.15) is 45.4 Å². The van der Waals surface area contributed by atoms with Gasteiger partial charge in [0.1, 0.15) is 11.5 Å². The van der Waals surface area contributed by atoms with E-state index in [9.17, 15) is 0 Å². The summed E-state index contributed by atoms with van der Waals surface area (Å²) in [7, 11) is 1.67. The molecule has 0 spiro atoms. The maximum Gasteiger partial charge on any atom is 0.122 e. The van der Waals surface area contributed by atoms with Crippen molar-refractivity contribution in [3.63, 3.8) is 0 Å². The lowest BCUT2D eigenvalue weighted by molar-refractivity contribution is 0.302. The Kier molecular flexibility index (Phi) is 7.28. The topological polar surface area (TPSA) is 18.5 Å². The fourth-order valence-corrected chi connectivity index (χ4v) is 1.76. The molecule has 0 radical (unpaired) electrons. The molecule has 0 aliphatic carbocycles. The number of rotatable bonds is 9. The number of ether oxygens (including phenoxy) is 2. The van der Waals surface area contributed by atoms with Crippen molar-refractivity contribution in [2.45, 2.75) is 45.4 Å². The second kappa shape index (κ2) is 8.91. The summed E-state index contributed by atoms with van der Waals surface area (Å²) in [6.45, 7) is 3.05. The summed E-state index contributed by atoms with van der Waals surface area (Å²) >= 11 is 0. The van der Waals surface area contributed by atoms with E-state index in [0.29, 0.717) is 0 Å². The van der Waals surface area contributed by atoms with Crippen LogP contribution in [0, 0.1) is 0 Å². The third kappa shape index (κ3) is 6.20. The van der Waals surface area contributed by atoms with Crippen LogP contribution in [0.3, 0.4) is 0 Å². The van der Waals surface area contributed by atoms with Crippen molar-refractivity contribution in [2.75, 3.05) is 13.7 Å². The molecule has 0 saturated carbocycles. The second-order valence-electron chi connectivity index (χ2n) is 4.30. The Morgan fingerprint density at radius 2 is 1.65 bits per heavy atom. The third-order valence-corrected chi connectivity index (χ3v) is 2.81. The molecule has 0 aliphatic rings. The highest BCUT2D eigenvalue weighted by Gasteiger charge is 1.96. The first-order chi connectivity index (χ1) is 8.36. The molecule has 1 rings (SSSR count). The van der Waals surface area contributed by atoms with E-state index in [1.54, 1.807) is 7.11 Å². The fourth-order valence-electron chi connectivity index (χ4n) is 1.76. The maximum absolute atomic E-state index is 5.68. The second-order valence-corrected chi connectivity index (χ2v) is 4.30. The minimum atomic E-state index is 0.805. The van der Waals surface area contributed by atoms with Crippen LogP contribution in [-0.4, -0.2) is 13.7 Å². The monoisotopic (exact) mass is 236 g/mol. The van der Waals surface area contributed by atoms with E-state index >= 15 is 0 Å². The van der Waals surface area contributed by atoms with Crippen molar-refractivity contribution in [1.82, 2.24) is 0 Å². The highest BCUT2D eigenvalue weighted by molar-refractivity contribution is 5.32. The van der Waals surface area contributed by atoms with Gasteiger partial charge in [-0.25, -0.2) is 0 Å². The zero-order valence-corrected chi connectivity index (χ0v) is 11.1. The van der Waals surface area contributed by atoms with Crippen molar-refractivity contribution in [2.24, 2.45) is 0 Å². The summed E-state index contributed by atoms with van der Waals surface area (Å²) in [5, 5.41) is 0. The molecule has 0 fully saturated rings. The van der Waals surface area contributed by atoms with Crippen molar-refractivity contribution in [3.8, 4) is 11.5 Å². The Morgan fingerprint density at radius 1 is 0.941 bits per heavy atom. The van der Waals surface area contributed by atoms with Gasteiger partial charge in [0.2, 0.25) is 0 Å². The molecule has 1 aromatic rings. The molecule has 0 aromatic heterocycles. The molecule has 17 heavy (non-hydrogen) atoms. The summed E-state index contributed by atoms with van der Waals surface area (Å²) in [4.78, 5) is 0. The molecule has 0 saturated heterocycles.